The van der Waals surface area contributed by atoms with Crippen LogP contribution in [-0.4, -0.2) is 0 Å². The van der Waals surface area contributed by atoms with E-state index in [1.807, 2.05) is 12.3 Å². The zero-order chi connectivity index (χ0) is 8.72. The summed E-state index contributed by atoms with van der Waals surface area (Å²) in [5.74, 6) is -0.179. The van der Waals surface area contributed by atoms with E-state index >= 15 is 0 Å². The third kappa shape index (κ3) is 1.04. The first kappa shape index (κ1) is 8.08. The van der Waals surface area contributed by atoms with Gasteiger partial charge in [0.1, 0.15) is 5.82 Å². The molecule has 0 bridgehead atoms. The van der Waals surface area contributed by atoms with Crippen LogP contribution in [-0.2, 0) is 0 Å². The molecular formula is C9H7FS2. The number of thiol groups is 1. The van der Waals surface area contributed by atoms with Crippen LogP contribution in [0.25, 0.3) is 10.1 Å². The van der Waals surface area contributed by atoms with Gasteiger partial charge < -0.3 is 0 Å². The number of fused-ring (bicyclic) bond motifs is 1. The molecule has 2 rings (SSSR count). The van der Waals surface area contributed by atoms with Crippen LogP contribution < -0.4 is 0 Å². The van der Waals surface area contributed by atoms with Gasteiger partial charge in [0, 0.05) is 20.4 Å². The predicted octanol–water partition coefficient (Wildman–Crippen LogP) is 3.64. The van der Waals surface area contributed by atoms with Gasteiger partial charge in [-0.1, -0.05) is 6.07 Å². The minimum Gasteiger partial charge on any atom is -0.206 e. The Kier molecular flexibility index (Phi) is 1.85. The van der Waals surface area contributed by atoms with Gasteiger partial charge in [0.25, 0.3) is 0 Å². The molecular weight excluding hydrogens is 191 g/mol. The van der Waals surface area contributed by atoms with Crippen LogP contribution in [0.15, 0.2) is 22.4 Å². The fraction of sp³-hybridized carbons (Fsp3) is 0.111. The van der Waals surface area contributed by atoms with Crippen LogP contribution in [0, 0.1) is 12.7 Å². The third-order valence-electron chi connectivity index (χ3n) is 1.85. The normalized spacial score (nSPS) is 10.9. The number of rotatable bonds is 0. The van der Waals surface area contributed by atoms with Gasteiger partial charge in [-0.05, 0) is 18.6 Å². The largest absolute Gasteiger partial charge is 0.206 e. The molecule has 62 valence electrons. The van der Waals surface area contributed by atoms with Gasteiger partial charge in [-0.15, -0.1) is 24.0 Å². The quantitative estimate of drug-likeness (QED) is 0.614. The van der Waals surface area contributed by atoms with E-state index in [0.29, 0.717) is 5.39 Å². The van der Waals surface area contributed by atoms with Gasteiger partial charge in [-0.2, -0.15) is 0 Å². The highest BCUT2D eigenvalue weighted by Gasteiger charge is 2.07. The van der Waals surface area contributed by atoms with Crippen molar-refractivity contribution in [2.24, 2.45) is 0 Å². The van der Waals surface area contributed by atoms with Crippen LogP contribution >= 0.6 is 24.0 Å². The van der Waals surface area contributed by atoms with Gasteiger partial charge in [-0.25, -0.2) is 4.39 Å². The summed E-state index contributed by atoms with van der Waals surface area (Å²) in [5.41, 5.74) is 1.11. The van der Waals surface area contributed by atoms with E-state index in [4.69, 9.17) is 0 Å². The summed E-state index contributed by atoms with van der Waals surface area (Å²) in [7, 11) is 0. The lowest BCUT2D eigenvalue weighted by molar-refractivity contribution is 0.638. The molecule has 0 aliphatic carbocycles. The molecule has 0 nitrogen and oxygen atoms in total. The molecule has 3 heteroatoms. The maximum Gasteiger partial charge on any atom is 0.133 e. The molecule has 2 aromatic rings. The molecule has 0 aliphatic heterocycles. The van der Waals surface area contributed by atoms with Gasteiger partial charge in [0.05, 0.1) is 0 Å². The minimum absolute atomic E-state index is 0.179. The number of benzene rings is 1. The zero-order valence-electron chi connectivity index (χ0n) is 6.47. The Morgan fingerprint density at radius 1 is 1.42 bits per heavy atom. The predicted molar refractivity (Wildman–Crippen MR) is 53.8 cm³/mol. The molecule has 1 aromatic heterocycles. The lowest BCUT2D eigenvalue weighted by Crippen LogP contribution is -1.78. The molecule has 0 fully saturated rings. The number of halogens is 1. The maximum absolute atomic E-state index is 13.2. The SMILES string of the molecule is Cc1ccc(F)c2c(S)csc12. The van der Waals surface area contributed by atoms with E-state index in [2.05, 4.69) is 12.6 Å². The second kappa shape index (κ2) is 2.75. The van der Waals surface area contributed by atoms with E-state index in [1.54, 1.807) is 6.07 Å². The standard InChI is InChI=1S/C9H7FS2/c1-5-2-3-6(10)8-7(11)4-12-9(5)8/h2-4,11H,1H3. The molecule has 0 N–H and O–H groups in total. The Bertz CT molecular complexity index is 431. The molecule has 0 saturated heterocycles. The second-order valence-corrected chi connectivity index (χ2v) is 4.05. The van der Waals surface area contributed by atoms with Gasteiger partial charge in [0.15, 0.2) is 0 Å². The van der Waals surface area contributed by atoms with Crippen molar-refractivity contribution in [3.05, 3.63) is 28.9 Å². The average Bonchev–Trinajstić information content (AvgIpc) is 2.42. The zero-order valence-corrected chi connectivity index (χ0v) is 8.18. The highest BCUT2D eigenvalue weighted by Crippen LogP contribution is 2.32. The molecule has 0 amide bonds. The summed E-state index contributed by atoms with van der Waals surface area (Å²) >= 11 is 5.73. The van der Waals surface area contributed by atoms with Gasteiger partial charge in [-0.3, -0.25) is 0 Å². The number of thiophene rings is 1. The minimum atomic E-state index is -0.179. The van der Waals surface area contributed by atoms with E-state index in [1.165, 1.54) is 17.4 Å². The summed E-state index contributed by atoms with van der Waals surface area (Å²) in [6.45, 7) is 1.98. The Morgan fingerprint density at radius 2 is 2.17 bits per heavy atom. The van der Waals surface area contributed by atoms with Crippen molar-refractivity contribution in [2.45, 2.75) is 11.8 Å². The Hall–Kier alpha value is -0.540. The molecule has 0 atom stereocenters. The van der Waals surface area contributed by atoms with Crippen LogP contribution in [0.4, 0.5) is 4.39 Å². The summed E-state index contributed by atoms with van der Waals surface area (Å²) in [6.07, 6.45) is 0. The van der Waals surface area contributed by atoms with E-state index in [-0.39, 0.29) is 5.82 Å². The highest BCUT2D eigenvalue weighted by molar-refractivity contribution is 7.80. The van der Waals surface area contributed by atoms with Crippen molar-refractivity contribution in [3.63, 3.8) is 0 Å². The fourth-order valence-electron chi connectivity index (χ4n) is 1.23. The summed E-state index contributed by atoms with van der Waals surface area (Å²) in [5, 5.41) is 2.52. The first-order valence-electron chi connectivity index (χ1n) is 3.55. The summed E-state index contributed by atoms with van der Waals surface area (Å²) in [6, 6.07) is 3.28. The first-order chi connectivity index (χ1) is 5.70. The molecule has 12 heavy (non-hydrogen) atoms. The average molecular weight is 198 g/mol. The first-order valence-corrected chi connectivity index (χ1v) is 4.88. The fourth-order valence-corrected chi connectivity index (χ4v) is 2.61. The van der Waals surface area contributed by atoms with Crippen molar-refractivity contribution in [1.82, 2.24) is 0 Å². The molecule has 0 spiro atoms. The molecule has 0 aliphatic rings. The number of aryl methyl sites for hydroxylation is 1. The Labute approximate surface area is 79.4 Å². The van der Waals surface area contributed by atoms with E-state index in [9.17, 15) is 4.39 Å². The molecule has 0 unspecified atom stereocenters. The van der Waals surface area contributed by atoms with Crippen LogP contribution in [0.2, 0.25) is 0 Å². The van der Waals surface area contributed by atoms with E-state index < -0.39 is 0 Å². The lowest BCUT2D eigenvalue weighted by atomic mass is 10.2. The maximum atomic E-state index is 13.2. The Balaban J connectivity index is 2.98. The van der Waals surface area contributed by atoms with E-state index in [0.717, 1.165) is 15.2 Å². The number of hydrogen-bond acceptors (Lipinski definition) is 2. The van der Waals surface area contributed by atoms with Crippen LogP contribution in [0.5, 0.6) is 0 Å². The van der Waals surface area contributed by atoms with Crippen LogP contribution in [0.1, 0.15) is 5.56 Å². The Morgan fingerprint density at radius 3 is 2.83 bits per heavy atom. The van der Waals surface area contributed by atoms with Crippen molar-refractivity contribution in [1.29, 1.82) is 0 Å². The van der Waals surface area contributed by atoms with Crippen molar-refractivity contribution in [3.8, 4) is 0 Å². The molecule has 0 radical (unpaired) electrons. The molecule has 1 aromatic carbocycles. The third-order valence-corrected chi connectivity index (χ3v) is 3.49. The molecule has 1 heterocycles. The smallest absolute Gasteiger partial charge is 0.133 e. The highest BCUT2D eigenvalue weighted by atomic mass is 32.1. The monoisotopic (exact) mass is 198 g/mol. The number of hydrogen-bond donors (Lipinski definition) is 1. The van der Waals surface area contributed by atoms with Gasteiger partial charge >= 0.3 is 0 Å². The lowest BCUT2D eigenvalue weighted by Gasteiger charge is -1.96. The van der Waals surface area contributed by atoms with Crippen molar-refractivity contribution in [2.75, 3.05) is 0 Å². The summed E-state index contributed by atoms with van der Waals surface area (Å²) < 4.78 is 14.2. The second-order valence-electron chi connectivity index (χ2n) is 2.69. The topological polar surface area (TPSA) is 0 Å². The molecule has 0 saturated carbocycles. The van der Waals surface area contributed by atoms with Crippen LogP contribution in [0.3, 0.4) is 0 Å². The van der Waals surface area contributed by atoms with Gasteiger partial charge in [0.2, 0.25) is 0 Å². The van der Waals surface area contributed by atoms with Crippen molar-refractivity contribution < 1.29 is 4.39 Å². The van der Waals surface area contributed by atoms with Crippen molar-refractivity contribution >= 4 is 34.1 Å². The summed E-state index contributed by atoms with van der Waals surface area (Å²) in [4.78, 5) is 0.733.